The van der Waals surface area contributed by atoms with Crippen LogP contribution in [0.5, 0.6) is 0 Å². The highest BCUT2D eigenvalue weighted by atomic mass is 32.2. The van der Waals surface area contributed by atoms with Gasteiger partial charge in [0.1, 0.15) is 5.82 Å². The number of hydrogen-bond donors (Lipinski definition) is 1. The summed E-state index contributed by atoms with van der Waals surface area (Å²) in [5.41, 5.74) is 2.54. The van der Waals surface area contributed by atoms with Crippen LogP contribution in [0.1, 0.15) is 5.56 Å². The predicted molar refractivity (Wildman–Crippen MR) is 90.6 cm³/mol. The van der Waals surface area contributed by atoms with Crippen LogP contribution in [0, 0.1) is 6.92 Å². The fourth-order valence-corrected chi connectivity index (χ4v) is 3.47. The summed E-state index contributed by atoms with van der Waals surface area (Å²) < 4.78 is 29.1. The summed E-state index contributed by atoms with van der Waals surface area (Å²) in [7, 11) is -1.93. The Morgan fingerprint density at radius 3 is 2.43 bits per heavy atom. The van der Waals surface area contributed by atoms with Gasteiger partial charge in [-0.2, -0.15) is 5.10 Å². The SMILES string of the molecule is Cc1cccc(S(=O)(=O)Nc2cc(-c3ccccc3)nn2C)c1. The number of aromatic nitrogens is 2. The van der Waals surface area contributed by atoms with E-state index in [2.05, 4.69) is 9.82 Å². The molecule has 0 aliphatic heterocycles. The van der Waals surface area contributed by atoms with E-state index in [1.165, 1.54) is 4.68 Å². The van der Waals surface area contributed by atoms with E-state index in [4.69, 9.17) is 0 Å². The molecule has 0 aliphatic rings. The second kappa shape index (κ2) is 5.89. The molecule has 6 heteroatoms. The molecule has 0 aliphatic carbocycles. The van der Waals surface area contributed by atoms with Crippen molar-refractivity contribution in [3.8, 4) is 11.3 Å². The third-order valence-corrected chi connectivity index (χ3v) is 4.84. The number of aryl methyl sites for hydroxylation is 2. The summed E-state index contributed by atoms with van der Waals surface area (Å²) in [5, 5.41) is 4.37. The zero-order valence-corrected chi connectivity index (χ0v) is 13.7. The van der Waals surface area contributed by atoms with Crippen molar-refractivity contribution in [2.24, 2.45) is 7.05 Å². The Labute approximate surface area is 135 Å². The molecule has 1 N–H and O–H groups in total. The summed E-state index contributed by atoms with van der Waals surface area (Å²) >= 11 is 0. The minimum absolute atomic E-state index is 0.236. The number of hydrogen-bond acceptors (Lipinski definition) is 3. The maximum Gasteiger partial charge on any atom is 0.263 e. The highest BCUT2D eigenvalue weighted by Gasteiger charge is 2.17. The van der Waals surface area contributed by atoms with Gasteiger partial charge in [-0.25, -0.2) is 8.42 Å². The van der Waals surface area contributed by atoms with E-state index in [1.54, 1.807) is 31.3 Å². The third kappa shape index (κ3) is 3.27. The first-order valence-corrected chi connectivity index (χ1v) is 8.63. The summed E-state index contributed by atoms with van der Waals surface area (Å²) in [6, 6.07) is 18.1. The quantitative estimate of drug-likeness (QED) is 0.800. The fraction of sp³-hybridized carbons (Fsp3) is 0.118. The topological polar surface area (TPSA) is 64.0 Å². The van der Waals surface area contributed by atoms with Crippen molar-refractivity contribution in [1.29, 1.82) is 0 Å². The number of benzene rings is 2. The van der Waals surface area contributed by atoms with Gasteiger partial charge in [-0.1, -0.05) is 42.5 Å². The zero-order valence-electron chi connectivity index (χ0n) is 12.9. The lowest BCUT2D eigenvalue weighted by Gasteiger charge is -2.08. The number of nitrogens with one attached hydrogen (secondary N) is 1. The van der Waals surface area contributed by atoms with Crippen LogP contribution < -0.4 is 4.72 Å². The third-order valence-electron chi connectivity index (χ3n) is 3.49. The lowest BCUT2D eigenvalue weighted by molar-refractivity contribution is 0.600. The van der Waals surface area contributed by atoms with Gasteiger partial charge in [0.05, 0.1) is 10.6 Å². The molecule has 0 amide bonds. The summed E-state index contributed by atoms with van der Waals surface area (Å²) in [6.07, 6.45) is 0. The first-order valence-electron chi connectivity index (χ1n) is 7.15. The van der Waals surface area contributed by atoms with Crippen molar-refractivity contribution in [2.45, 2.75) is 11.8 Å². The lowest BCUT2D eigenvalue weighted by atomic mass is 10.2. The standard InChI is InChI=1S/C17H17N3O2S/c1-13-7-6-10-15(11-13)23(21,22)19-17-12-16(18-20(17)2)14-8-4-3-5-9-14/h3-12,19H,1-2H3. The van der Waals surface area contributed by atoms with Gasteiger partial charge < -0.3 is 0 Å². The average molecular weight is 327 g/mol. The van der Waals surface area contributed by atoms with Gasteiger partial charge in [-0.05, 0) is 24.6 Å². The molecular weight excluding hydrogens is 310 g/mol. The number of sulfonamides is 1. The van der Waals surface area contributed by atoms with E-state index in [9.17, 15) is 8.42 Å². The molecule has 118 valence electrons. The average Bonchev–Trinajstić information content (AvgIpc) is 2.89. The van der Waals surface area contributed by atoms with Crippen LogP contribution in [0.4, 0.5) is 5.82 Å². The smallest absolute Gasteiger partial charge is 0.263 e. The predicted octanol–water partition coefficient (Wildman–Crippen LogP) is 3.20. The molecule has 0 saturated carbocycles. The number of rotatable bonds is 4. The Bertz CT molecular complexity index is 931. The number of anilines is 1. The first-order chi connectivity index (χ1) is 11.0. The normalized spacial score (nSPS) is 11.4. The molecule has 0 saturated heterocycles. The Morgan fingerprint density at radius 1 is 1.00 bits per heavy atom. The van der Waals surface area contributed by atoms with Gasteiger partial charge in [0.25, 0.3) is 10.0 Å². The second-order valence-electron chi connectivity index (χ2n) is 5.33. The molecule has 1 aromatic heterocycles. The molecule has 3 aromatic rings. The van der Waals surface area contributed by atoms with Gasteiger partial charge in [-0.3, -0.25) is 9.40 Å². The van der Waals surface area contributed by atoms with E-state index in [1.807, 2.05) is 43.3 Å². The van der Waals surface area contributed by atoms with Gasteiger partial charge in [0.15, 0.2) is 0 Å². The van der Waals surface area contributed by atoms with Crippen LogP contribution in [-0.2, 0) is 17.1 Å². The van der Waals surface area contributed by atoms with Gasteiger partial charge in [-0.15, -0.1) is 0 Å². The summed E-state index contributed by atoms with van der Waals surface area (Å²) in [5.74, 6) is 0.422. The van der Waals surface area contributed by atoms with Gasteiger partial charge in [0, 0.05) is 18.7 Å². The molecule has 2 aromatic carbocycles. The van der Waals surface area contributed by atoms with E-state index >= 15 is 0 Å². The van der Waals surface area contributed by atoms with Crippen LogP contribution in [0.15, 0.2) is 65.6 Å². The molecule has 0 atom stereocenters. The van der Waals surface area contributed by atoms with Crippen LogP contribution in [-0.4, -0.2) is 18.2 Å². The van der Waals surface area contributed by atoms with Crippen molar-refractivity contribution >= 4 is 15.8 Å². The molecule has 3 rings (SSSR count). The Kier molecular flexibility index (Phi) is 3.92. The van der Waals surface area contributed by atoms with E-state index in [0.29, 0.717) is 5.82 Å². The minimum atomic E-state index is -3.64. The first kappa shape index (κ1) is 15.3. The fourth-order valence-electron chi connectivity index (χ4n) is 2.29. The Balaban J connectivity index is 1.93. The van der Waals surface area contributed by atoms with E-state index in [-0.39, 0.29) is 4.90 Å². The summed E-state index contributed by atoms with van der Waals surface area (Å²) in [4.78, 5) is 0.236. The molecule has 0 fully saturated rings. The molecule has 23 heavy (non-hydrogen) atoms. The number of nitrogens with zero attached hydrogens (tertiary/aromatic N) is 2. The molecule has 1 heterocycles. The van der Waals surface area contributed by atoms with Crippen LogP contribution >= 0.6 is 0 Å². The van der Waals surface area contributed by atoms with Crippen molar-refractivity contribution in [3.05, 3.63) is 66.2 Å². The monoisotopic (exact) mass is 327 g/mol. The van der Waals surface area contributed by atoms with Crippen molar-refractivity contribution in [2.75, 3.05) is 4.72 Å². The van der Waals surface area contributed by atoms with Crippen molar-refractivity contribution in [1.82, 2.24) is 9.78 Å². The molecule has 0 radical (unpaired) electrons. The Hall–Kier alpha value is -2.60. The highest BCUT2D eigenvalue weighted by molar-refractivity contribution is 7.92. The maximum absolute atomic E-state index is 12.5. The van der Waals surface area contributed by atoms with E-state index < -0.39 is 10.0 Å². The minimum Gasteiger partial charge on any atom is -0.264 e. The molecular formula is C17H17N3O2S. The van der Waals surface area contributed by atoms with Crippen LogP contribution in [0.2, 0.25) is 0 Å². The lowest BCUT2D eigenvalue weighted by Crippen LogP contribution is -2.15. The highest BCUT2D eigenvalue weighted by Crippen LogP contribution is 2.23. The van der Waals surface area contributed by atoms with Crippen molar-refractivity contribution in [3.63, 3.8) is 0 Å². The van der Waals surface area contributed by atoms with Gasteiger partial charge in [0.2, 0.25) is 0 Å². The molecule has 5 nitrogen and oxygen atoms in total. The maximum atomic E-state index is 12.5. The largest absolute Gasteiger partial charge is 0.264 e. The molecule has 0 unspecified atom stereocenters. The van der Waals surface area contributed by atoms with Crippen LogP contribution in [0.25, 0.3) is 11.3 Å². The van der Waals surface area contributed by atoms with E-state index in [0.717, 1.165) is 16.8 Å². The molecule has 0 spiro atoms. The zero-order chi connectivity index (χ0) is 16.4. The Morgan fingerprint density at radius 2 is 1.74 bits per heavy atom. The van der Waals surface area contributed by atoms with Crippen molar-refractivity contribution < 1.29 is 8.42 Å². The molecule has 0 bridgehead atoms. The second-order valence-corrected chi connectivity index (χ2v) is 7.01. The summed E-state index contributed by atoms with van der Waals surface area (Å²) in [6.45, 7) is 1.86. The van der Waals surface area contributed by atoms with Gasteiger partial charge >= 0.3 is 0 Å². The van der Waals surface area contributed by atoms with Crippen LogP contribution in [0.3, 0.4) is 0 Å².